The number of hydrogen-bond donors (Lipinski definition) is 2. The average molecular weight is 321 g/mol. The fraction of sp³-hybridized carbons (Fsp3) is 0.692. The summed E-state index contributed by atoms with van der Waals surface area (Å²) in [6.45, 7) is 3.23. The van der Waals surface area contributed by atoms with Crippen molar-refractivity contribution in [3.63, 3.8) is 0 Å². The van der Waals surface area contributed by atoms with Crippen LogP contribution >= 0.6 is 0 Å². The molecule has 1 heterocycles. The van der Waals surface area contributed by atoms with Gasteiger partial charge >= 0.3 is 0 Å². The minimum absolute atomic E-state index is 0.0721. The zero-order chi connectivity index (χ0) is 15.7. The van der Waals surface area contributed by atoms with Crippen molar-refractivity contribution in [1.82, 2.24) is 4.72 Å². The van der Waals surface area contributed by atoms with Crippen LogP contribution in [0.15, 0.2) is 15.4 Å². The van der Waals surface area contributed by atoms with Gasteiger partial charge in [0.05, 0.1) is 13.2 Å². The molecule has 0 unspecified atom stereocenters. The van der Waals surface area contributed by atoms with Crippen LogP contribution in [0.5, 0.6) is 0 Å². The highest BCUT2D eigenvalue weighted by molar-refractivity contribution is 7.89. The maximum Gasteiger partial charge on any atom is 0.244 e. The molecule has 0 aliphatic carbocycles. The van der Waals surface area contributed by atoms with Gasteiger partial charge in [-0.25, -0.2) is 13.1 Å². The summed E-state index contributed by atoms with van der Waals surface area (Å²) in [6.07, 6.45) is 1.44. The molecule has 0 radical (unpaired) electrons. The van der Waals surface area contributed by atoms with Crippen LogP contribution in [-0.2, 0) is 26.1 Å². The molecule has 0 atom stereocenters. The van der Waals surface area contributed by atoms with Crippen molar-refractivity contribution in [2.24, 2.45) is 0 Å². The standard InChI is InChI=1S/C13H23NO6S/c1-11-13(9-12(10-15)20-11)21(16,17)14-5-3-4-6-19-8-7-18-2/h9,14-15H,3-8,10H2,1-2H3. The second-order valence-electron chi connectivity index (χ2n) is 4.50. The van der Waals surface area contributed by atoms with E-state index >= 15 is 0 Å². The van der Waals surface area contributed by atoms with Gasteiger partial charge in [-0.1, -0.05) is 0 Å². The summed E-state index contributed by atoms with van der Waals surface area (Å²) in [4.78, 5) is 0.0721. The van der Waals surface area contributed by atoms with Crippen molar-refractivity contribution in [2.45, 2.75) is 31.3 Å². The molecule has 7 nitrogen and oxygen atoms in total. The monoisotopic (exact) mass is 321 g/mol. The number of sulfonamides is 1. The number of methoxy groups -OCH3 is 1. The first-order valence-electron chi connectivity index (χ1n) is 6.77. The summed E-state index contributed by atoms with van der Waals surface area (Å²) in [6, 6.07) is 1.34. The minimum Gasteiger partial charge on any atom is -0.462 e. The normalized spacial score (nSPS) is 12.0. The van der Waals surface area contributed by atoms with Crippen molar-refractivity contribution in [3.05, 3.63) is 17.6 Å². The van der Waals surface area contributed by atoms with Crippen LogP contribution in [0.1, 0.15) is 24.4 Å². The Morgan fingerprint density at radius 1 is 1.29 bits per heavy atom. The van der Waals surface area contributed by atoms with Gasteiger partial charge in [0.1, 0.15) is 23.0 Å². The van der Waals surface area contributed by atoms with Crippen LogP contribution in [0.4, 0.5) is 0 Å². The molecule has 2 N–H and O–H groups in total. The highest BCUT2D eigenvalue weighted by Gasteiger charge is 2.20. The molecule has 0 amide bonds. The van der Waals surface area contributed by atoms with Gasteiger partial charge in [0.2, 0.25) is 10.0 Å². The molecule has 0 bridgehead atoms. The molecular formula is C13H23NO6S. The highest BCUT2D eigenvalue weighted by Crippen LogP contribution is 2.19. The Morgan fingerprint density at radius 3 is 2.67 bits per heavy atom. The SMILES string of the molecule is COCCOCCCCNS(=O)(=O)c1cc(CO)oc1C. The van der Waals surface area contributed by atoms with Gasteiger partial charge in [-0.15, -0.1) is 0 Å². The third-order valence-electron chi connectivity index (χ3n) is 2.81. The summed E-state index contributed by atoms with van der Waals surface area (Å²) in [5.41, 5.74) is 0. The van der Waals surface area contributed by atoms with Gasteiger partial charge in [0, 0.05) is 26.3 Å². The molecule has 1 aromatic heterocycles. The van der Waals surface area contributed by atoms with Gasteiger partial charge in [-0.3, -0.25) is 0 Å². The lowest BCUT2D eigenvalue weighted by Crippen LogP contribution is -2.25. The molecule has 0 spiro atoms. The molecule has 0 saturated heterocycles. The van der Waals surface area contributed by atoms with E-state index in [4.69, 9.17) is 19.0 Å². The third-order valence-corrected chi connectivity index (χ3v) is 4.38. The zero-order valence-electron chi connectivity index (χ0n) is 12.4. The fourth-order valence-electron chi connectivity index (χ4n) is 1.73. The molecule has 0 aliphatic rings. The molecule has 1 rings (SSSR count). The van der Waals surface area contributed by atoms with E-state index in [1.807, 2.05) is 0 Å². The van der Waals surface area contributed by atoms with Crippen molar-refractivity contribution < 1.29 is 27.4 Å². The number of nitrogens with one attached hydrogen (secondary N) is 1. The minimum atomic E-state index is -3.60. The number of aliphatic hydroxyl groups is 1. The molecule has 8 heteroatoms. The van der Waals surface area contributed by atoms with E-state index in [2.05, 4.69) is 4.72 Å². The zero-order valence-corrected chi connectivity index (χ0v) is 13.2. The van der Waals surface area contributed by atoms with Gasteiger partial charge in [-0.05, 0) is 19.8 Å². The third kappa shape index (κ3) is 6.15. The number of rotatable bonds is 11. The van der Waals surface area contributed by atoms with Crippen LogP contribution < -0.4 is 4.72 Å². The van der Waals surface area contributed by atoms with Crippen LogP contribution in [0.2, 0.25) is 0 Å². The number of furan rings is 1. The van der Waals surface area contributed by atoms with Crippen LogP contribution in [0, 0.1) is 6.92 Å². The molecule has 0 aliphatic heterocycles. The highest BCUT2D eigenvalue weighted by atomic mass is 32.2. The van der Waals surface area contributed by atoms with Crippen LogP contribution in [-0.4, -0.2) is 47.0 Å². The Balaban J connectivity index is 2.31. The van der Waals surface area contributed by atoms with Gasteiger partial charge < -0.3 is 19.0 Å². The first kappa shape index (κ1) is 18.1. The second kappa shape index (κ2) is 9.16. The van der Waals surface area contributed by atoms with E-state index in [9.17, 15) is 8.42 Å². The van der Waals surface area contributed by atoms with E-state index in [1.54, 1.807) is 14.0 Å². The van der Waals surface area contributed by atoms with Gasteiger partial charge in [-0.2, -0.15) is 0 Å². The Kier molecular flexibility index (Phi) is 7.91. The first-order chi connectivity index (χ1) is 10.0. The van der Waals surface area contributed by atoms with Crippen molar-refractivity contribution in [3.8, 4) is 0 Å². The molecule has 0 fully saturated rings. The summed E-state index contributed by atoms with van der Waals surface area (Å²) in [7, 11) is -1.99. The van der Waals surface area contributed by atoms with E-state index in [0.29, 0.717) is 32.8 Å². The number of aryl methyl sites for hydroxylation is 1. The summed E-state index contributed by atoms with van der Waals surface area (Å²) >= 11 is 0. The van der Waals surface area contributed by atoms with Crippen LogP contribution in [0.25, 0.3) is 0 Å². The van der Waals surface area contributed by atoms with Gasteiger partial charge in [0.15, 0.2) is 0 Å². The summed E-state index contributed by atoms with van der Waals surface area (Å²) < 4.78 is 41.9. The quantitative estimate of drug-likeness (QED) is 0.585. The molecule has 1 aromatic rings. The second-order valence-corrected chi connectivity index (χ2v) is 6.24. The Morgan fingerprint density at radius 2 is 2.05 bits per heavy atom. The van der Waals surface area contributed by atoms with E-state index in [-0.39, 0.29) is 23.0 Å². The fourth-order valence-corrected chi connectivity index (χ4v) is 3.00. The number of unbranched alkanes of at least 4 members (excludes halogenated alkanes) is 1. The lowest BCUT2D eigenvalue weighted by Gasteiger charge is -2.06. The Hall–Kier alpha value is -0.930. The molecule has 0 aromatic carbocycles. The lowest BCUT2D eigenvalue weighted by molar-refractivity contribution is 0.0689. The predicted octanol–water partition coefficient (Wildman–Crippen LogP) is 0.802. The maximum absolute atomic E-state index is 12.1. The lowest BCUT2D eigenvalue weighted by atomic mass is 10.3. The van der Waals surface area contributed by atoms with Crippen LogP contribution in [0.3, 0.4) is 0 Å². The Bertz CT molecular complexity index is 511. The largest absolute Gasteiger partial charge is 0.462 e. The molecule has 0 saturated carbocycles. The molecule has 21 heavy (non-hydrogen) atoms. The van der Waals surface area contributed by atoms with E-state index in [1.165, 1.54) is 6.07 Å². The topological polar surface area (TPSA) is 98.0 Å². The summed E-state index contributed by atoms with van der Waals surface area (Å²) in [5, 5.41) is 8.94. The van der Waals surface area contributed by atoms with Crippen molar-refractivity contribution in [2.75, 3.05) is 33.5 Å². The Labute approximate surface area is 125 Å². The number of ether oxygens (including phenoxy) is 2. The van der Waals surface area contributed by atoms with Crippen molar-refractivity contribution >= 4 is 10.0 Å². The maximum atomic E-state index is 12.1. The van der Waals surface area contributed by atoms with Gasteiger partial charge in [0.25, 0.3) is 0 Å². The molecular weight excluding hydrogens is 298 g/mol. The molecule has 122 valence electrons. The number of hydrogen-bond acceptors (Lipinski definition) is 6. The van der Waals surface area contributed by atoms with E-state index < -0.39 is 10.0 Å². The predicted molar refractivity (Wildman–Crippen MR) is 76.5 cm³/mol. The first-order valence-corrected chi connectivity index (χ1v) is 8.26. The average Bonchev–Trinajstić information content (AvgIpc) is 2.84. The van der Waals surface area contributed by atoms with E-state index in [0.717, 1.165) is 6.42 Å². The smallest absolute Gasteiger partial charge is 0.244 e. The summed E-state index contributed by atoms with van der Waals surface area (Å²) in [5.74, 6) is 0.508. The number of aliphatic hydroxyl groups excluding tert-OH is 1. The van der Waals surface area contributed by atoms with Crippen molar-refractivity contribution in [1.29, 1.82) is 0 Å².